The highest BCUT2D eigenvalue weighted by Crippen LogP contribution is 2.32. The summed E-state index contributed by atoms with van der Waals surface area (Å²) in [4.78, 5) is 12.6. The van der Waals surface area contributed by atoms with Crippen LogP contribution in [0.1, 0.15) is 21.7 Å². The third-order valence-corrected chi connectivity index (χ3v) is 3.75. The molecule has 0 unspecified atom stereocenters. The summed E-state index contributed by atoms with van der Waals surface area (Å²) in [5.41, 5.74) is 6.30. The summed E-state index contributed by atoms with van der Waals surface area (Å²) in [5.74, 6) is -0.408. The lowest BCUT2D eigenvalue weighted by Gasteiger charge is -2.10. The van der Waals surface area contributed by atoms with E-state index in [0.29, 0.717) is 11.3 Å². The number of hydrogen-bond acceptors (Lipinski definition) is 4. The topological polar surface area (TPSA) is 81.2 Å². The second-order valence-corrected chi connectivity index (χ2v) is 5.58. The fraction of sp³-hybridized carbons (Fsp3) is 0.111. The van der Waals surface area contributed by atoms with Gasteiger partial charge in [-0.15, -0.1) is 0 Å². The number of aromatic nitrogens is 1. The number of carbonyl (C=O) groups is 1. The molecule has 3 N–H and O–H groups in total. The first-order valence-electron chi connectivity index (χ1n) is 7.57. The van der Waals surface area contributed by atoms with Crippen molar-refractivity contribution in [2.45, 2.75) is 13.1 Å². The van der Waals surface area contributed by atoms with Crippen molar-refractivity contribution in [2.75, 3.05) is 11.1 Å². The fourth-order valence-electron chi connectivity index (χ4n) is 2.50. The Balaban J connectivity index is 1.95. The Hall–Kier alpha value is -3.29. The largest absolute Gasteiger partial charge is 0.416 e. The fourth-order valence-corrected chi connectivity index (χ4v) is 2.50. The highest BCUT2D eigenvalue weighted by molar-refractivity contribution is 6.09. The van der Waals surface area contributed by atoms with Gasteiger partial charge in [-0.1, -0.05) is 29.4 Å². The van der Waals surface area contributed by atoms with E-state index in [0.717, 1.165) is 12.1 Å². The molecule has 5 nitrogen and oxygen atoms in total. The van der Waals surface area contributed by atoms with Crippen LogP contribution in [0.5, 0.6) is 0 Å². The van der Waals surface area contributed by atoms with E-state index < -0.39 is 17.6 Å². The number of nitrogens with zero attached hydrogens (tertiary/aromatic N) is 1. The lowest BCUT2D eigenvalue weighted by atomic mass is 10.0. The van der Waals surface area contributed by atoms with Crippen LogP contribution in [0.25, 0.3) is 11.3 Å². The molecular formula is C18H14F3N3O2. The first kappa shape index (κ1) is 17.5. The van der Waals surface area contributed by atoms with Crippen molar-refractivity contribution < 1.29 is 22.5 Å². The summed E-state index contributed by atoms with van der Waals surface area (Å²) in [6.45, 7) is 1.54. The van der Waals surface area contributed by atoms with Crippen LogP contribution in [0.15, 0.2) is 53.1 Å². The number of rotatable bonds is 3. The van der Waals surface area contributed by atoms with Gasteiger partial charge in [0, 0.05) is 16.9 Å². The molecular weight excluding hydrogens is 347 g/mol. The van der Waals surface area contributed by atoms with E-state index in [1.807, 2.05) is 0 Å². The Morgan fingerprint density at radius 2 is 1.88 bits per heavy atom. The SMILES string of the molecule is Cc1onc(-c2ccccc2N)c1C(=O)Nc1cccc(C(F)(F)F)c1. The van der Waals surface area contributed by atoms with E-state index in [-0.39, 0.29) is 22.7 Å². The van der Waals surface area contributed by atoms with Gasteiger partial charge in [0.1, 0.15) is 17.0 Å². The highest BCUT2D eigenvalue weighted by Gasteiger charge is 2.31. The number of aryl methyl sites for hydroxylation is 1. The Morgan fingerprint density at radius 3 is 2.58 bits per heavy atom. The molecule has 0 aliphatic carbocycles. The Kier molecular flexibility index (Phi) is 4.41. The zero-order chi connectivity index (χ0) is 18.9. The minimum Gasteiger partial charge on any atom is -0.398 e. The average Bonchev–Trinajstić information content (AvgIpc) is 2.96. The van der Waals surface area contributed by atoms with Gasteiger partial charge >= 0.3 is 6.18 Å². The normalized spacial score (nSPS) is 11.4. The van der Waals surface area contributed by atoms with Crippen LogP contribution in [0, 0.1) is 6.92 Å². The van der Waals surface area contributed by atoms with Gasteiger partial charge in [0.05, 0.1) is 5.56 Å². The van der Waals surface area contributed by atoms with Crippen LogP contribution >= 0.6 is 0 Å². The van der Waals surface area contributed by atoms with E-state index in [9.17, 15) is 18.0 Å². The lowest BCUT2D eigenvalue weighted by molar-refractivity contribution is -0.137. The Labute approximate surface area is 146 Å². The van der Waals surface area contributed by atoms with Crippen molar-refractivity contribution in [3.63, 3.8) is 0 Å². The number of anilines is 2. The summed E-state index contributed by atoms with van der Waals surface area (Å²) in [6.07, 6.45) is -4.50. The minimum atomic E-state index is -4.50. The second-order valence-electron chi connectivity index (χ2n) is 5.58. The number of hydrogen-bond donors (Lipinski definition) is 2. The predicted octanol–water partition coefficient (Wildman–Crippen LogP) is 4.50. The van der Waals surface area contributed by atoms with Gasteiger partial charge in [0.25, 0.3) is 5.91 Å². The number of halogens is 3. The molecule has 0 atom stereocenters. The zero-order valence-electron chi connectivity index (χ0n) is 13.6. The Bertz CT molecular complexity index is 964. The number of carbonyl (C=O) groups excluding carboxylic acids is 1. The molecule has 1 aromatic heterocycles. The highest BCUT2D eigenvalue weighted by atomic mass is 19.4. The van der Waals surface area contributed by atoms with E-state index in [4.69, 9.17) is 10.3 Å². The maximum atomic E-state index is 12.8. The van der Waals surface area contributed by atoms with E-state index in [1.54, 1.807) is 24.3 Å². The van der Waals surface area contributed by atoms with Crippen LogP contribution in [0.3, 0.4) is 0 Å². The van der Waals surface area contributed by atoms with Gasteiger partial charge in [-0.3, -0.25) is 4.79 Å². The molecule has 1 amide bonds. The van der Waals surface area contributed by atoms with Gasteiger partial charge in [-0.05, 0) is 31.2 Å². The van der Waals surface area contributed by atoms with Crippen LogP contribution < -0.4 is 11.1 Å². The molecule has 0 saturated carbocycles. The smallest absolute Gasteiger partial charge is 0.398 e. The third kappa shape index (κ3) is 3.39. The molecule has 0 bridgehead atoms. The molecule has 0 saturated heterocycles. The van der Waals surface area contributed by atoms with Crippen LogP contribution in [-0.2, 0) is 6.18 Å². The maximum Gasteiger partial charge on any atom is 0.416 e. The van der Waals surface area contributed by atoms with Crippen molar-refractivity contribution in [3.8, 4) is 11.3 Å². The molecule has 0 aliphatic heterocycles. The maximum absolute atomic E-state index is 12.8. The third-order valence-electron chi connectivity index (χ3n) is 3.75. The standard InChI is InChI=1S/C18H14F3N3O2/c1-10-15(16(24-26-10)13-7-2-3-8-14(13)22)17(25)23-12-6-4-5-11(9-12)18(19,20)21/h2-9H,22H2,1H3,(H,23,25). The predicted molar refractivity (Wildman–Crippen MR) is 90.5 cm³/mol. The number of nitrogens with two attached hydrogens (primary N) is 1. The zero-order valence-corrected chi connectivity index (χ0v) is 13.6. The average molecular weight is 361 g/mol. The van der Waals surface area contributed by atoms with Crippen LogP contribution in [0.2, 0.25) is 0 Å². The van der Waals surface area contributed by atoms with E-state index >= 15 is 0 Å². The van der Waals surface area contributed by atoms with Crippen molar-refractivity contribution >= 4 is 17.3 Å². The summed E-state index contributed by atoms with van der Waals surface area (Å²) < 4.78 is 43.6. The summed E-state index contributed by atoms with van der Waals surface area (Å²) in [5, 5.41) is 6.32. The van der Waals surface area contributed by atoms with Gasteiger partial charge in [-0.25, -0.2) is 0 Å². The first-order valence-corrected chi connectivity index (χ1v) is 7.57. The number of nitrogens with one attached hydrogen (secondary N) is 1. The molecule has 26 heavy (non-hydrogen) atoms. The van der Waals surface area contributed by atoms with Gasteiger partial charge in [0.2, 0.25) is 0 Å². The van der Waals surface area contributed by atoms with Gasteiger partial charge in [-0.2, -0.15) is 13.2 Å². The molecule has 0 radical (unpaired) electrons. The molecule has 1 heterocycles. The Morgan fingerprint density at radius 1 is 1.15 bits per heavy atom. The number of amides is 1. The summed E-state index contributed by atoms with van der Waals surface area (Å²) in [7, 11) is 0. The molecule has 3 aromatic rings. The van der Waals surface area contributed by atoms with Crippen LogP contribution in [0.4, 0.5) is 24.5 Å². The first-order chi connectivity index (χ1) is 12.3. The van der Waals surface area contributed by atoms with E-state index in [1.165, 1.54) is 19.1 Å². The van der Waals surface area contributed by atoms with Crippen molar-refractivity contribution in [1.82, 2.24) is 5.16 Å². The molecule has 0 spiro atoms. The van der Waals surface area contributed by atoms with Crippen molar-refractivity contribution in [2.24, 2.45) is 0 Å². The molecule has 134 valence electrons. The lowest BCUT2D eigenvalue weighted by Crippen LogP contribution is -2.14. The van der Waals surface area contributed by atoms with Crippen LogP contribution in [-0.4, -0.2) is 11.1 Å². The quantitative estimate of drug-likeness (QED) is 0.673. The molecule has 8 heteroatoms. The second kappa shape index (κ2) is 6.55. The summed E-state index contributed by atoms with van der Waals surface area (Å²) in [6, 6.07) is 11.1. The van der Waals surface area contributed by atoms with Crippen molar-refractivity contribution in [1.29, 1.82) is 0 Å². The van der Waals surface area contributed by atoms with Crippen molar-refractivity contribution in [3.05, 3.63) is 65.4 Å². The monoisotopic (exact) mass is 361 g/mol. The molecule has 0 fully saturated rings. The molecule has 0 aliphatic rings. The molecule has 2 aromatic carbocycles. The number of benzene rings is 2. The molecule has 3 rings (SSSR count). The number of alkyl halides is 3. The minimum absolute atomic E-state index is 0.0115. The number of para-hydroxylation sites is 1. The van der Waals surface area contributed by atoms with Gasteiger partial charge in [0.15, 0.2) is 0 Å². The van der Waals surface area contributed by atoms with E-state index in [2.05, 4.69) is 10.5 Å². The number of nitrogen functional groups attached to an aromatic ring is 1. The summed E-state index contributed by atoms with van der Waals surface area (Å²) >= 11 is 0. The van der Waals surface area contributed by atoms with Gasteiger partial charge < -0.3 is 15.6 Å².